The molecule has 2 rings (SSSR count). The molecule has 20 heavy (non-hydrogen) atoms. The zero-order valence-corrected chi connectivity index (χ0v) is 12.0. The molecule has 2 heterocycles. The van der Waals surface area contributed by atoms with Crippen LogP contribution in [0.5, 0.6) is 0 Å². The number of nitrogens with zero attached hydrogens (tertiary/aromatic N) is 3. The molecule has 0 atom stereocenters. The lowest BCUT2D eigenvalue weighted by Gasteiger charge is -2.06. The van der Waals surface area contributed by atoms with Crippen LogP contribution in [0.4, 0.5) is 0 Å². The summed E-state index contributed by atoms with van der Waals surface area (Å²) in [6.45, 7) is 12.0. The van der Waals surface area contributed by atoms with E-state index in [2.05, 4.69) is 42.0 Å². The summed E-state index contributed by atoms with van der Waals surface area (Å²) < 4.78 is 0. The van der Waals surface area contributed by atoms with Crippen molar-refractivity contribution in [2.45, 2.75) is 20.3 Å². The van der Waals surface area contributed by atoms with Gasteiger partial charge in [-0.05, 0) is 30.5 Å². The first-order valence-electron chi connectivity index (χ1n) is 6.71. The van der Waals surface area contributed by atoms with Gasteiger partial charge in [0.1, 0.15) is 5.69 Å². The quantitative estimate of drug-likeness (QED) is 0.850. The molecule has 0 bridgehead atoms. The van der Waals surface area contributed by atoms with Crippen molar-refractivity contribution in [2.75, 3.05) is 0 Å². The van der Waals surface area contributed by atoms with Crippen molar-refractivity contribution in [2.24, 2.45) is 5.92 Å². The molecule has 3 heteroatoms. The Labute approximate surface area is 119 Å². The standard InChI is InChI=1S/C17H19N3/c1-5-7-15-13(4)11-18-17(20-15)16-9-6-8-14(19-16)10-12(2)3/h5-9,11-12H,1,4,10H2,2-3H3/b15-7+. The molecular weight excluding hydrogens is 246 g/mol. The molecule has 0 saturated heterocycles. The van der Waals surface area contributed by atoms with E-state index in [9.17, 15) is 0 Å². The van der Waals surface area contributed by atoms with Crippen LogP contribution in [0.15, 0.2) is 37.1 Å². The van der Waals surface area contributed by atoms with Gasteiger partial charge in [0.15, 0.2) is 5.82 Å². The fraction of sp³-hybridized carbons (Fsp3) is 0.235. The maximum absolute atomic E-state index is 4.63. The molecular formula is C17H19N3. The molecule has 0 aliphatic carbocycles. The third kappa shape index (κ3) is 3.38. The van der Waals surface area contributed by atoms with Crippen molar-refractivity contribution in [1.82, 2.24) is 15.0 Å². The Morgan fingerprint density at radius 2 is 2.05 bits per heavy atom. The Morgan fingerprint density at radius 3 is 2.75 bits per heavy atom. The molecule has 0 N–H and O–H groups in total. The van der Waals surface area contributed by atoms with Crippen LogP contribution >= 0.6 is 0 Å². The van der Waals surface area contributed by atoms with Gasteiger partial charge in [0, 0.05) is 17.1 Å². The van der Waals surface area contributed by atoms with E-state index >= 15 is 0 Å². The first-order chi connectivity index (χ1) is 9.60. The summed E-state index contributed by atoms with van der Waals surface area (Å²) in [5.74, 6) is 1.20. The van der Waals surface area contributed by atoms with Crippen molar-refractivity contribution in [1.29, 1.82) is 0 Å². The Morgan fingerprint density at radius 1 is 1.25 bits per heavy atom. The highest BCUT2D eigenvalue weighted by Crippen LogP contribution is 2.12. The molecule has 102 valence electrons. The van der Waals surface area contributed by atoms with Gasteiger partial charge in [-0.15, -0.1) is 0 Å². The Kier molecular flexibility index (Phi) is 4.41. The number of rotatable bonds is 4. The van der Waals surface area contributed by atoms with Gasteiger partial charge in [-0.25, -0.2) is 15.0 Å². The van der Waals surface area contributed by atoms with Gasteiger partial charge < -0.3 is 0 Å². The van der Waals surface area contributed by atoms with Crippen molar-refractivity contribution >= 4 is 12.7 Å². The van der Waals surface area contributed by atoms with Crippen molar-refractivity contribution in [3.63, 3.8) is 0 Å². The average Bonchev–Trinajstić information content (AvgIpc) is 2.41. The predicted octanol–water partition coefficient (Wildman–Crippen LogP) is 2.11. The van der Waals surface area contributed by atoms with Gasteiger partial charge in [0.2, 0.25) is 0 Å². The smallest absolute Gasteiger partial charge is 0.178 e. The highest BCUT2D eigenvalue weighted by Gasteiger charge is 2.05. The molecule has 2 aromatic heterocycles. The molecule has 0 radical (unpaired) electrons. The molecule has 2 aromatic rings. The molecule has 0 saturated carbocycles. The highest BCUT2D eigenvalue weighted by molar-refractivity contribution is 5.49. The lowest BCUT2D eigenvalue weighted by atomic mass is 10.1. The first-order valence-corrected chi connectivity index (χ1v) is 6.71. The van der Waals surface area contributed by atoms with E-state index in [0.717, 1.165) is 28.4 Å². The fourth-order valence-corrected chi connectivity index (χ4v) is 1.94. The lowest BCUT2D eigenvalue weighted by Crippen LogP contribution is -2.28. The summed E-state index contributed by atoms with van der Waals surface area (Å²) in [6, 6.07) is 5.97. The third-order valence-electron chi connectivity index (χ3n) is 2.83. The van der Waals surface area contributed by atoms with E-state index in [0.29, 0.717) is 11.7 Å². The van der Waals surface area contributed by atoms with Crippen molar-refractivity contribution in [3.8, 4) is 11.5 Å². The maximum atomic E-state index is 4.63. The van der Waals surface area contributed by atoms with Gasteiger partial charge in [-0.2, -0.15) is 0 Å². The summed E-state index contributed by atoms with van der Waals surface area (Å²) in [5, 5.41) is 1.56. The summed E-state index contributed by atoms with van der Waals surface area (Å²) in [6.07, 6.45) is 6.19. The van der Waals surface area contributed by atoms with Gasteiger partial charge in [-0.1, -0.05) is 39.1 Å². The van der Waals surface area contributed by atoms with Crippen molar-refractivity contribution < 1.29 is 0 Å². The molecule has 0 unspecified atom stereocenters. The number of aromatic nitrogens is 3. The van der Waals surface area contributed by atoms with E-state index in [1.54, 1.807) is 12.3 Å². The van der Waals surface area contributed by atoms with Crippen LogP contribution < -0.4 is 10.6 Å². The number of pyridine rings is 1. The van der Waals surface area contributed by atoms with Gasteiger partial charge in [0.25, 0.3) is 0 Å². The summed E-state index contributed by atoms with van der Waals surface area (Å²) in [4.78, 5) is 13.4. The minimum Gasteiger partial charge on any atom is -0.249 e. The van der Waals surface area contributed by atoms with Crippen LogP contribution in [0.3, 0.4) is 0 Å². The van der Waals surface area contributed by atoms with Crippen LogP contribution in [0.25, 0.3) is 24.2 Å². The second-order valence-corrected chi connectivity index (χ2v) is 5.12. The van der Waals surface area contributed by atoms with Gasteiger partial charge >= 0.3 is 0 Å². The predicted molar refractivity (Wildman–Crippen MR) is 83.2 cm³/mol. The van der Waals surface area contributed by atoms with Gasteiger partial charge in [-0.3, -0.25) is 0 Å². The molecule has 0 aliphatic rings. The van der Waals surface area contributed by atoms with Crippen LogP contribution in [-0.4, -0.2) is 15.0 Å². The number of hydrogen-bond acceptors (Lipinski definition) is 3. The Hall–Kier alpha value is -2.29. The molecule has 3 nitrogen and oxygen atoms in total. The SMILES string of the molecule is C=C/C=c1/nc(-c2cccc(CC(C)C)n2)ncc1=C. The molecule has 0 aliphatic heterocycles. The van der Waals surface area contributed by atoms with Crippen LogP contribution in [-0.2, 0) is 6.42 Å². The lowest BCUT2D eigenvalue weighted by molar-refractivity contribution is 0.635. The van der Waals surface area contributed by atoms with E-state index in [1.807, 2.05) is 24.3 Å². The topological polar surface area (TPSA) is 38.7 Å². The van der Waals surface area contributed by atoms with Crippen LogP contribution in [0.1, 0.15) is 19.5 Å². The number of hydrogen-bond donors (Lipinski definition) is 0. The van der Waals surface area contributed by atoms with E-state index in [-0.39, 0.29) is 0 Å². The Balaban J connectivity index is 2.46. The Bertz CT molecular complexity index is 717. The third-order valence-corrected chi connectivity index (χ3v) is 2.83. The van der Waals surface area contributed by atoms with Crippen molar-refractivity contribution in [3.05, 3.63) is 53.3 Å². The minimum atomic E-state index is 0.575. The molecule has 0 fully saturated rings. The second kappa shape index (κ2) is 6.24. The zero-order chi connectivity index (χ0) is 14.5. The van der Waals surface area contributed by atoms with E-state index in [1.165, 1.54) is 0 Å². The summed E-state index contributed by atoms with van der Waals surface area (Å²) >= 11 is 0. The normalized spacial score (nSPS) is 11.8. The summed E-state index contributed by atoms with van der Waals surface area (Å²) in [7, 11) is 0. The zero-order valence-electron chi connectivity index (χ0n) is 12.0. The highest BCUT2D eigenvalue weighted by atomic mass is 14.9. The average molecular weight is 265 g/mol. The monoisotopic (exact) mass is 265 g/mol. The summed E-state index contributed by atoms with van der Waals surface area (Å²) in [5.41, 5.74) is 1.86. The molecule has 0 spiro atoms. The van der Waals surface area contributed by atoms with Gasteiger partial charge in [0.05, 0.1) is 5.35 Å². The molecule has 0 aromatic carbocycles. The second-order valence-electron chi connectivity index (χ2n) is 5.12. The molecule has 0 amide bonds. The maximum Gasteiger partial charge on any atom is 0.178 e. The van der Waals surface area contributed by atoms with Crippen LogP contribution in [0, 0.1) is 5.92 Å². The minimum absolute atomic E-state index is 0.575. The van der Waals surface area contributed by atoms with E-state index < -0.39 is 0 Å². The van der Waals surface area contributed by atoms with E-state index in [4.69, 9.17) is 0 Å². The van der Waals surface area contributed by atoms with Crippen LogP contribution in [0.2, 0.25) is 0 Å². The fourth-order valence-electron chi connectivity index (χ4n) is 1.94. The largest absolute Gasteiger partial charge is 0.249 e. The first kappa shape index (κ1) is 14.1. The number of allylic oxidation sites excluding steroid dienone is 1.